The first kappa shape index (κ1) is 22.1. The van der Waals surface area contributed by atoms with E-state index in [0.717, 1.165) is 44.5 Å². The highest BCUT2D eigenvalue weighted by Gasteiger charge is 2.22. The first-order valence-electron chi connectivity index (χ1n) is 13.0. The number of para-hydroxylation sites is 1. The van der Waals surface area contributed by atoms with E-state index in [1.54, 1.807) is 0 Å². The zero-order chi connectivity index (χ0) is 25.8. The molecule has 0 unspecified atom stereocenters. The molecule has 2 heterocycles. The Morgan fingerprint density at radius 3 is 2.10 bits per heavy atom. The molecule has 0 fully saturated rings. The van der Waals surface area contributed by atoms with Gasteiger partial charge in [0.1, 0.15) is 5.52 Å². The number of fused-ring (bicyclic) bond motifs is 6. The molecule has 0 aliphatic rings. The van der Waals surface area contributed by atoms with Gasteiger partial charge in [0.25, 0.3) is 0 Å². The lowest BCUT2D eigenvalue weighted by Crippen LogP contribution is -2.10. The van der Waals surface area contributed by atoms with E-state index in [-0.39, 0.29) is 0 Å². The van der Waals surface area contributed by atoms with Gasteiger partial charge in [-0.1, -0.05) is 84.9 Å². The lowest BCUT2D eigenvalue weighted by molar-refractivity contribution is 0.620. The molecule has 3 nitrogen and oxygen atoms in total. The summed E-state index contributed by atoms with van der Waals surface area (Å²) in [6, 6.07) is 46.6. The van der Waals surface area contributed by atoms with E-state index in [1.165, 1.54) is 20.2 Å². The molecule has 0 spiro atoms. The Balaban J connectivity index is 1.43. The van der Waals surface area contributed by atoms with E-state index in [9.17, 15) is 0 Å². The summed E-state index contributed by atoms with van der Waals surface area (Å²) in [4.78, 5) is 7.32. The lowest BCUT2D eigenvalue weighted by atomic mass is 10.1. The minimum Gasteiger partial charge on any atom is -0.434 e. The average Bonchev–Trinajstić information content (AvgIpc) is 3.61. The molecule has 4 heteroatoms. The predicted octanol–water partition coefficient (Wildman–Crippen LogP) is 10.5. The lowest BCUT2D eigenvalue weighted by Gasteiger charge is -2.26. The molecule has 0 bridgehead atoms. The van der Waals surface area contributed by atoms with E-state index in [1.807, 2.05) is 41.7 Å². The second kappa shape index (κ2) is 8.83. The highest BCUT2D eigenvalue weighted by Crippen LogP contribution is 2.45. The standard InChI is InChI=1S/C35H22N2OS/c1-3-11-23(12-4-1)35-36-33-27-16-8-7-13-24(27)21-30(34(33)38-35)37(25-14-5-2-6-15-25)26-19-20-29-28-17-9-10-18-31(28)39-32(29)22-26/h1-22H. The normalized spacial score (nSPS) is 11.6. The van der Waals surface area contributed by atoms with Crippen molar-refractivity contribution in [2.24, 2.45) is 0 Å². The van der Waals surface area contributed by atoms with Crippen LogP contribution in [0.3, 0.4) is 0 Å². The van der Waals surface area contributed by atoms with Crippen LogP contribution in [0, 0.1) is 0 Å². The summed E-state index contributed by atoms with van der Waals surface area (Å²) in [6.07, 6.45) is 0. The molecule has 8 aromatic rings. The van der Waals surface area contributed by atoms with Crippen LogP contribution in [0.15, 0.2) is 138 Å². The SMILES string of the molecule is c1ccc(-c2nc3c(o2)c(N(c2ccccc2)c2ccc4c(c2)sc2ccccc24)cc2ccccc23)cc1. The van der Waals surface area contributed by atoms with Crippen LogP contribution in [0.5, 0.6) is 0 Å². The van der Waals surface area contributed by atoms with Crippen molar-refractivity contribution >= 4 is 70.4 Å². The van der Waals surface area contributed by atoms with Gasteiger partial charge in [0.05, 0.1) is 5.69 Å². The molecule has 0 saturated heterocycles. The molecule has 8 rings (SSSR count). The van der Waals surface area contributed by atoms with E-state index in [4.69, 9.17) is 9.40 Å². The number of hydrogen-bond donors (Lipinski definition) is 0. The zero-order valence-corrected chi connectivity index (χ0v) is 21.7. The van der Waals surface area contributed by atoms with E-state index >= 15 is 0 Å². The monoisotopic (exact) mass is 518 g/mol. The molecule has 0 radical (unpaired) electrons. The molecule has 0 amide bonds. The van der Waals surface area contributed by atoms with Crippen LogP contribution in [0.1, 0.15) is 0 Å². The quantitative estimate of drug-likeness (QED) is 0.232. The topological polar surface area (TPSA) is 29.3 Å². The number of anilines is 3. The molecule has 0 aliphatic carbocycles. The highest BCUT2D eigenvalue weighted by atomic mass is 32.1. The fourth-order valence-corrected chi connectivity index (χ4v) is 6.60. The summed E-state index contributed by atoms with van der Waals surface area (Å²) >= 11 is 1.83. The molecule has 0 N–H and O–H groups in total. The molecule has 6 aromatic carbocycles. The minimum absolute atomic E-state index is 0.621. The number of oxazole rings is 1. The van der Waals surface area contributed by atoms with Gasteiger partial charge in [0.15, 0.2) is 5.58 Å². The number of nitrogens with zero attached hydrogens (tertiary/aromatic N) is 2. The number of rotatable bonds is 4. The Hall–Kier alpha value is -4.93. The van der Waals surface area contributed by atoms with Gasteiger partial charge in [0.2, 0.25) is 5.89 Å². The Bertz CT molecular complexity index is 2130. The van der Waals surface area contributed by atoms with Crippen molar-refractivity contribution in [3.63, 3.8) is 0 Å². The minimum atomic E-state index is 0.621. The first-order chi connectivity index (χ1) is 19.3. The van der Waals surface area contributed by atoms with Crippen molar-refractivity contribution in [3.05, 3.63) is 133 Å². The summed E-state index contributed by atoms with van der Waals surface area (Å²) in [7, 11) is 0. The van der Waals surface area contributed by atoms with Gasteiger partial charge in [-0.15, -0.1) is 11.3 Å². The fraction of sp³-hybridized carbons (Fsp3) is 0. The van der Waals surface area contributed by atoms with Gasteiger partial charge in [0, 0.05) is 42.5 Å². The fourth-order valence-electron chi connectivity index (χ4n) is 5.46. The summed E-state index contributed by atoms with van der Waals surface area (Å²) in [5, 5.41) is 4.78. The maximum Gasteiger partial charge on any atom is 0.227 e. The summed E-state index contributed by atoms with van der Waals surface area (Å²) < 4.78 is 9.16. The Morgan fingerprint density at radius 2 is 1.26 bits per heavy atom. The van der Waals surface area contributed by atoms with Gasteiger partial charge < -0.3 is 9.32 Å². The third-order valence-electron chi connectivity index (χ3n) is 7.26. The maximum absolute atomic E-state index is 6.60. The van der Waals surface area contributed by atoms with Gasteiger partial charge >= 0.3 is 0 Å². The van der Waals surface area contributed by atoms with Crippen molar-refractivity contribution in [1.82, 2.24) is 4.98 Å². The molecular formula is C35H22N2OS. The number of hydrogen-bond acceptors (Lipinski definition) is 4. The van der Waals surface area contributed by atoms with Crippen LogP contribution in [-0.4, -0.2) is 4.98 Å². The van der Waals surface area contributed by atoms with Crippen LogP contribution in [0.2, 0.25) is 0 Å². The Kier molecular flexibility index (Phi) is 5.00. The third-order valence-corrected chi connectivity index (χ3v) is 8.40. The van der Waals surface area contributed by atoms with E-state index < -0.39 is 0 Å². The third kappa shape index (κ3) is 3.61. The molecule has 184 valence electrons. The summed E-state index contributed by atoms with van der Waals surface area (Å²) in [5.41, 5.74) is 5.70. The van der Waals surface area contributed by atoms with Crippen molar-refractivity contribution in [2.45, 2.75) is 0 Å². The molecule has 0 atom stereocenters. The van der Waals surface area contributed by atoms with Crippen LogP contribution in [-0.2, 0) is 0 Å². The van der Waals surface area contributed by atoms with Crippen LogP contribution >= 0.6 is 11.3 Å². The zero-order valence-electron chi connectivity index (χ0n) is 20.9. The summed E-state index contributed by atoms with van der Waals surface area (Å²) in [5.74, 6) is 0.621. The van der Waals surface area contributed by atoms with Gasteiger partial charge in [-0.2, -0.15) is 0 Å². The van der Waals surface area contributed by atoms with Crippen molar-refractivity contribution in [2.75, 3.05) is 4.90 Å². The molecule has 0 saturated carbocycles. The van der Waals surface area contributed by atoms with Crippen LogP contribution in [0.4, 0.5) is 17.1 Å². The Labute approximate surface area is 229 Å². The van der Waals surface area contributed by atoms with Crippen LogP contribution in [0.25, 0.3) is 53.5 Å². The van der Waals surface area contributed by atoms with Gasteiger partial charge in [-0.05, 0) is 53.9 Å². The second-order valence-electron chi connectivity index (χ2n) is 9.63. The van der Waals surface area contributed by atoms with Gasteiger partial charge in [-0.25, -0.2) is 4.98 Å². The molecule has 0 aliphatic heterocycles. The van der Waals surface area contributed by atoms with Gasteiger partial charge in [-0.3, -0.25) is 0 Å². The summed E-state index contributed by atoms with van der Waals surface area (Å²) in [6.45, 7) is 0. The molecule has 2 aromatic heterocycles. The highest BCUT2D eigenvalue weighted by molar-refractivity contribution is 7.25. The molecule has 39 heavy (non-hydrogen) atoms. The van der Waals surface area contributed by atoms with E-state index in [2.05, 4.69) is 108 Å². The average molecular weight is 519 g/mol. The second-order valence-corrected chi connectivity index (χ2v) is 10.7. The van der Waals surface area contributed by atoms with Crippen molar-refractivity contribution in [3.8, 4) is 11.5 Å². The predicted molar refractivity (Wildman–Crippen MR) is 165 cm³/mol. The largest absolute Gasteiger partial charge is 0.434 e. The Morgan fingerprint density at radius 1 is 0.564 bits per heavy atom. The number of aromatic nitrogens is 1. The van der Waals surface area contributed by atoms with Crippen LogP contribution < -0.4 is 4.90 Å². The van der Waals surface area contributed by atoms with Crippen molar-refractivity contribution < 1.29 is 4.42 Å². The number of benzene rings is 6. The number of thiophene rings is 1. The van der Waals surface area contributed by atoms with Crippen molar-refractivity contribution in [1.29, 1.82) is 0 Å². The van der Waals surface area contributed by atoms with E-state index in [0.29, 0.717) is 5.89 Å². The molecular weight excluding hydrogens is 496 g/mol. The first-order valence-corrected chi connectivity index (χ1v) is 13.8. The maximum atomic E-state index is 6.60. The smallest absolute Gasteiger partial charge is 0.227 e.